The molecule has 0 saturated carbocycles. The van der Waals surface area contributed by atoms with Crippen LogP contribution in [0.1, 0.15) is 12.5 Å². The predicted molar refractivity (Wildman–Crippen MR) is 140 cm³/mol. The Morgan fingerprint density at radius 1 is 1.21 bits per heavy atom. The normalized spacial score (nSPS) is 16.3. The van der Waals surface area contributed by atoms with Gasteiger partial charge in [-0.1, -0.05) is 29.8 Å². The molecule has 6 N–H and O–H groups in total. The van der Waals surface area contributed by atoms with Crippen molar-refractivity contribution in [1.82, 2.24) is 25.8 Å². The van der Waals surface area contributed by atoms with Gasteiger partial charge in [-0.25, -0.2) is 18.4 Å². The van der Waals surface area contributed by atoms with Crippen molar-refractivity contribution in [2.24, 2.45) is 5.73 Å². The topological polar surface area (TPSA) is 140 Å². The molecule has 0 bridgehead atoms. The summed E-state index contributed by atoms with van der Waals surface area (Å²) in [4.78, 5) is 39.5. The maximum atomic E-state index is 13.9. The van der Waals surface area contributed by atoms with Crippen molar-refractivity contribution in [2.45, 2.75) is 25.3 Å². The minimum Gasteiger partial charge on any atom is -0.465 e. The number of carboxylic acid groups (broad SMARTS) is 1. The van der Waals surface area contributed by atoms with E-state index in [9.17, 15) is 28.3 Å². The van der Waals surface area contributed by atoms with E-state index in [0.717, 1.165) is 4.90 Å². The lowest BCUT2D eigenvalue weighted by atomic mass is 10.1. The first-order valence-electron chi connectivity index (χ1n) is 11.2. The van der Waals surface area contributed by atoms with E-state index in [1.54, 1.807) is 13.0 Å². The summed E-state index contributed by atoms with van der Waals surface area (Å²) in [5.74, 6) is -3.65. The van der Waals surface area contributed by atoms with E-state index in [1.165, 1.54) is 54.6 Å². The highest BCUT2D eigenvalue weighted by atomic mass is 35.5. The first kappa shape index (κ1) is 30.6. The number of benzene rings is 2. The van der Waals surface area contributed by atoms with E-state index in [4.69, 9.17) is 17.3 Å². The lowest BCUT2D eigenvalue weighted by Gasteiger charge is -2.43. The number of urea groups is 1. The molecule has 0 aromatic heterocycles. The van der Waals surface area contributed by atoms with Gasteiger partial charge in [-0.2, -0.15) is 0 Å². The lowest BCUT2D eigenvalue weighted by Crippen LogP contribution is -2.72. The van der Waals surface area contributed by atoms with Crippen molar-refractivity contribution >= 4 is 54.3 Å². The monoisotopic (exact) mass is 572 g/mol. The van der Waals surface area contributed by atoms with E-state index < -0.39 is 48.0 Å². The zero-order valence-electron chi connectivity index (χ0n) is 20.5. The van der Waals surface area contributed by atoms with Crippen molar-refractivity contribution in [3.8, 4) is 0 Å². The Labute approximate surface area is 228 Å². The molecule has 14 heteroatoms. The molecule has 1 aliphatic rings. The van der Waals surface area contributed by atoms with E-state index in [0.29, 0.717) is 16.0 Å². The zero-order chi connectivity index (χ0) is 27.3. The highest BCUT2D eigenvalue weighted by Gasteiger charge is 2.41. The number of fused-ring (bicyclic) bond motifs is 1. The third-order valence-electron chi connectivity index (χ3n) is 5.92. The van der Waals surface area contributed by atoms with Crippen molar-refractivity contribution < 1.29 is 28.3 Å². The molecule has 2 aromatic carbocycles. The van der Waals surface area contributed by atoms with E-state index in [2.05, 4.69) is 16.0 Å². The molecule has 0 fully saturated rings. The molecule has 1 aliphatic heterocycles. The van der Waals surface area contributed by atoms with Gasteiger partial charge in [0.2, 0.25) is 11.7 Å². The Kier molecular flexibility index (Phi) is 10.3. The van der Waals surface area contributed by atoms with E-state index in [1.807, 2.05) is 0 Å². The SMILES string of the molecule is CC(CN(C(=O)O)[C@@]1(NC(=O)CN)C=c2cc(F)ccc2=CN1)N(C)C(=O)NCc1cccc(F)c1Cl.Cl. The number of nitrogens with one attached hydrogen (secondary N) is 3. The number of nitrogens with zero attached hydrogens (tertiary/aromatic N) is 2. The van der Waals surface area contributed by atoms with Gasteiger partial charge in [-0.15, -0.1) is 12.4 Å². The summed E-state index contributed by atoms with van der Waals surface area (Å²) in [7, 11) is 1.45. The number of hydrogen-bond acceptors (Lipinski definition) is 5. The molecule has 2 aromatic rings. The minimum atomic E-state index is -1.82. The molecule has 3 rings (SSSR count). The number of halogens is 4. The van der Waals surface area contributed by atoms with Crippen molar-refractivity contribution in [3.05, 3.63) is 69.1 Å². The molecule has 206 valence electrons. The van der Waals surface area contributed by atoms with Gasteiger partial charge in [0.15, 0.2) is 0 Å². The van der Waals surface area contributed by atoms with Crippen LogP contribution in [0.15, 0.2) is 36.4 Å². The summed E-state index contributed by atoms with van der Waals surface area (Å²) >= 11 is 5.93. The molecule has 0 radical (unpaired) electrons. The number of likely N-dealkylation sites (N-methyl/N-ethyl adjacent to an activating group) is 1. The van der Waals surface area contributed by atoms with Crippen molar-refractivity contribution in [1.29, 1.82) is 0 Å². The highest BCUT2D eigenvalue weighted by molar-refractivity contribution is 6.31. The molecule has 0 aliphatic carbocycles. The molecule has 1 heterocycles. The second-order valence-corrected chi connectivity index (χ2v) is 8.83. The van der Waals surface area contributed by atoms with Gasteiger partial charge in [0, 0.05) is 32.4 Å². The highest BCUT2D eigenvalue weighted by Crippen LogP contribution is 2.20. The van der Waals surface area contributed by atoms with Crippen LogP contribution in [-0.2, 0) is 11.3 Å². The summed E-state index contributed by atoms with van der Waals surface area (Å²) in [5.41, 5.74) is 5.82. The average molecular weight is 573 g/mol. The number of amides is 4. The molecule has 0 spiro atoms. The van der Waals surface area contributed by atoms with Crippen LogP contribution in [0.4, 0.5) is 18.4 Å². The van der Waals surface area contributed by atoms with E-state index in [-0.39, 0.29) is 30.5 Å². The number of carbonyl (C=O) groups is 3. The number of rotatable bonds is 8. The van der Waals surface area contributed by atoms with Gasteiger partial charge in [0.25, 0.3) is 0 Å². The van der Waals surface area contributed by atoms with Crippen LogP contribution >= 0.6 is 24.0 Å². The van der Waals surface area contributed by atoms with Crippen LogP contribution in [0.3, 0.4) is 0 Å². The van der Waals surface area contributed by atoms with Crippen LogP contribution in [0.25, 0.3) is 12.3 Å². The van der Waals surface area contributed by atoms with Crippen molar-refractivity contribution in [3.63, 3.8) is 0 Å². The Bertz CT molecular complexity index is 1330. The Balaban J connectivity index is 0.00000507. The fourth-order valence-corrected chi connectivity index (χ4v) is 3.95. The zero-order valence-corrected chi connectivity index (χ0v) is 22.1. The van der Waals surface area contributed by atoms with Crippen LogP contribution in [-0.4, -0.2) is 64.9 Å². The summed E-state index contributed by atoms with van der Waals surface area (Å²) in [5, 5.41) is 18.9. The van der Waals surface area contributed by atoms with Crippen molar-refractivity contribution in [2.75, 3.05) is 20.1 Å². The number of nitrogens with two attached hydrogens (primary N) is 1. The smallest absolute Gasteiger partial charge is 0.410 e. The Morgan fingerprint density at radius 2 is 1.92 bits per heavy atom. The maximum Gasteiger partial charge on any atom is 0.410 e. The molecular formula is C24H28Cl2F2N6O4. The number of carbonyl (C=O) groups excluding carboxylic acids is 2. The minimum absolute atomic E-state index is 0. The fraction of sp³-hybridized carbons (Fsp3) is 0.292. The quantitative estimate of drug-likeness (QED) is 0.300. The van der Waals surface area contributed by atoms with Gasteiger partial charge < -0.3 is 31.7 Å². The van der Waals surface area contributed by atoms with E-state index >= 15 is 0 Å². The van der Waals surface area contributed by atoms with Gasteiger partial charge in [-0.05, 0) is 47.2 Å². The van der Waals surface area contributed by atoms with Gasteiger partial charge in [0.05, 0.1) is 11.6 Å². The number of hydrogen-bond donors (Lipinski definition) is 5. The maximum absolute atomic E-state index is 13.9. The Morgan fingerprint density at radius 3 is 2.58 bits per heavy atom. The predicted octanol–water partition coefficient (Wildman–Crippen LogP) is 1.10. The molecule has 1 unspecified atom stereocenters. The van der Waals surface area contributed by atoms with Gasteiger partial charge in [-0.3, -0.25) is 9.69 Å². The summed E-state index contributed by atoms with van der Waals surface area (Å²) < 4.78 is 27.6. The standard InChI is InChI=1S/C24H27ClF2N6O4.ClH/c1-14(32(2)22(35)29-11-16-4-3-5-19(27)21(16)25)13-33(23(36)37)24(31-20(34)10-28)9-17-8-18(26)7-6-15(17)12-30-24;/h3-9,12,14,30H,10-11,13,28H2,1-2H3,(H,29,35)(H,31,34)(H,36,37);1H/t14?,24-;/m0./s1. The fourth-order valence-electron chi connectivity index (χ4n) is 3.76. The lowest BCUT2D eigenvalue weighted by molar-refractivity contribution is -0.123. The molecule has 10 nitrogen and oxygen atoms in total. The third-order valence-corrected chi connectivity index (χ3v) is 6.35. The van der Waals surface area contributed by atoms with Crippen LogP contribution in [0.5, 0.6) is 0 Å². The molecular weight excluding hydrogens is 545 g/mol. The second kappa shape index (κ2) is 12.8. The summed E-state index contributed by atoms with van der Waals surface area (Å²) in [6.45, 7) is 0.843. The molecule has 4 amide bonds. The first-order valence-corrected chi connectivity index (χ1v) is 11.6. The third kappa shape index (κ3) is 6.82. The van der Waals surface area contributed by atoms with Crippen LogP contribution in [0.2, 0.25) is 5.02 Å². The first-order chi connectivity index (χ1) is 17.5. The van der Waals surface area contributed by atoms with Gasteiger partial charge in [0.1, 0.15) is 11.6 Å². The average Bonchev–Trinajstić information content (AvgIpc) is 2.86. The molecule has 0 saturated heterocycles. The van der Waals surface area contributed by atoms with Crippen LogP contribution in [0, 0.1) is 11.6 Å². The summed E-state index contributed by atoms with van der Waals surface area (Å²) in [6, 6.07) is 6.89. The Hall–Kier alpha value is -3.61. The second-order valence-electron chi connectivity index (χ2n) is 8.45. The molecule has 2 atom stereocenters. The van der Waals surface area contributed by atoms with Gasteiger partial charge >= 0.3 is 12.1 Å². The van der Waals surface area contributed by atoms with Crippen LogP contribution < -0.4 is 32.1 Å². The molecule has 38 heavy (non-hydrogen) atoms. The summed E-state index contributed by atoms with van der Waals surface area (Å²) in [6.07, 6.45) is 1.39. The largest absolute Gasteiger partial charge is 0.465 e.